The topological polar surface area (TPSA) is 310 Å². The van der Waals surface area contributed by atoms with Crippen LogP contribution in [0.25, 0.3) is 51.1 Å². The van der Waals surface area contributed by atoms with Crippen molar-refractivity contribution in [1.29, 1.82) is 0 Å². The normalized spacial score (nSPS) is 9.91. The van der Waals surface area contributed by atoms with E-state index in [9.17, 15) is 47.9 Å². The number of fused-ring (bicyclic) bond motifs is 5. The van der Waals surface area contributed by atoms with Crippen LogP contribution < -0.4 is 53.7 Å². The van der Waals surface area contributed by atoms with Crippen LogP contribution in [0.3, 0.4) is 0 Å². The number of amides is 5. The number of carbonyl (C=O) groups excluding carboxylic acids is 5. The molecule has 0 spiro atoms. The second-order valence-corrected chi connectivity index (χ2v) is 24.6. The van der Waals surface area contributed by atoms with E-state index in [-0.39, 0.29) is 96.5 Å². The third-order valence-electron chi connectivity index (χ3n) is 13.8. The minimum Gasteiger partial charge on any atom is -0.359 e. The number of rotatable bonds is 10. The molecule has 0 saturated heterocycles. The first-order valence-electron chi connectivity index (χ1n) is 38.2. The van der Waals surface area contributed by atoms with E-state index in [0.29, 0.717) is 53.4 Å². The van der Waals surface area contributed by atoms with Gasteiger partial charge in [0, 0.05) is 72.3 Å². The monoisotopic (exact) mass is 1690 g/mol. The molecule has 0 radical (unpaired) electrons. The highest BCUT2D eigenvalue weighted by Gasteiger charge is 2.19. The van der Waals surface area contributed by atoms with Gasteiger partial charge in [-0.05, 0) is 106 Å². The molecule has 0 saturated carbocycles. The Bertz CT molecular complexity index is 4950. The average Bonchev–Trinajstić information content (AvgIpc) is 1.80. The van der Waals surface area contributed by atoms with Crippen molar-refractivity contribution in [2.75, 3.05) is 16.0 Å². The van der Waals surface area contributed by atoms with Gasteiger partial charge in [0.1, 0.15) is 27.8 Å². The van der Waals surface area contributed by atoms with Gasteiger partial charge in [-0.1, -0.05) is 247 Å². The van der Waals surface area contributed by atoms with Crippen LogP contribution in [0.15, 0.2) is 251 Å². The Labute approximate surface area is 711 Å². The van der Waals surface area contributed by atoms with Gasteiger partial charge in [0.05, 0.1) is 51.1 Å². The van der Waals surface area contributed by atoms with Gasteiger partial charge in [-0.15, -0.1) is 56.7 Å². The van der Waals surface area contributed by atoms with Crippen LogP contribution in [0.2, 0.25) is 0 Å². The maximum atomic E-state index is 12.2. The molecular weight excluding hydrogens is 1570 g/mol. The van der Waals surface area contributed by atoms with E-state index in [2.05, 4.69) is 51.5 Å². The third-order valence-corrected chi connectivity index (χ3v) is 18.4. The smallest absolute Gasteiger partial charge is 0.261 e. The van der Waals surface area contributed by atoms with Crippen molar-refractivity contribution in [1.82, 2.24) is 35.6 Å². The van der Waals surface area contributed by atoms with Gasteiger partial charge < -0.3 is 51.5 Å². The summed E-state index contributed by atoms with van der Waals surface area (Å²) in [5.74, 6) is -1.92. The number of hydrogen-bond acceptors (Lipinski definition) is 15. The fraction of sp³-hybridized carbons (Fsp3) is 0.283. The van der Waals surface area contributed by atoms with Crippen molar-refractivity contribution < 1.29 is 24.0 Å². The van der Waals surface area contributed by atoms with Gasteiger partial charge >= 0.3 is 0 Å². The van der Waals surface area contributed by atoms with Crippen molar-refractivity contribution in [2.45, 2.75) is 181 Å². The van der Waals surface area contributed by atoms with Gasteiger partial charge in [0.2, 0.25) is 27.1 Å². The van der Waals surface area contributed by atoms with Gasteiger partial charge in [0.15, 0.2) is 0 Å². The van der Waals surface area contributed by atoms with E-state index in [1.54, 1.807) is 36.4 Å². The molecule has 0 fully saturated rings. The lowest BCUT2D eigenvalue weighted by molar-refractivity contribution is 0.0955. The summed E-state index contributed by atoms with van der Waals surface area (Å²) in [4.78, 5) is 136. The second-order valence-electron chi connectivity index (χ2n) is 20.0. The summed E-state index contributed by atoms with van der Waals surface area (Å²) in [5, 5.41) is 22.7. The van der Waals surface area contributed by atoms with Crippen LogP contribution in [-0.2, 0) is 0 Å². The minimum atomic E-state index is -0.400. The standard InChI is InChI=1S/3C14H10N2O2S.2C13H10N2O2S.10C2H6.4CH4/c3*17-12-10(8-15-11-6-7-19-13(11)12)14(18)16-9-4-2-1-3-5-9;2*16-11-9(7-14-10-5-6-18-12(10)11)13(17)15-8-3-1-2-4-8;10*1-2;;;;/h3*1-8H,(H,15,17)(H,16,18);2*1-3,5-7H,4H2,(H,14,16)(H,15,17);10*1-2H3;4*1H4. The number of para-hydroxylation sites is 3. The van der Waals surface area contributed by atoms with Crippen LogP contribution in [-0.4, -0.2) is 54.5 Å². The fourth-order valence-corrected chi connectivity index (χ4v) is 13.2. The predicted molar refractivity (Wildman–Crippen MR) is 514 cm³/mol. The van der Waals surface area contributed by atoms with Crippen LogP contribution in [0, 0.1) is 0 Å². The number of anilines is 3. The number of benzene rings is 3. The Balaban J connectivity index is -0.000000641. The van der Waals surface area contributed by atoms with Crippen molar-refractivity contribution in [2.24, 2.45) is 0 Å². The van der Waals surface area contributed by atoms with Crippen molar-refractivity contribution >= 4 is 154 Å². The Morgan fingerprint density at radius 2 is 0.444 bits per heavy atom. The van der Waals surface area contributed by atoms with E-state index < -0.39 is 17.7 Å². The molecule has 10 aromatic heterocycles. The Morgan fingerprint density at radius 1 is 0.265 bits per heavy atom. The molecule has 0 atom stereocenters. The molecule has 20 nitrogen and oxygen atoms in total. The molecular formula is C92H126N10O10S5. The highest BCUT2D eigenvalue weighted by atomic mass is 32.1. The van der Waals surface area contributed by atoms with Gasteiger partial charge in [-0.2, -0.15) is 0 Å². The lowest BCUT2D eigenvalue weighted by Gasteiger charge is -2.05. The van der Waals surface area contributed by atoms with Crippen molar-refractivity contribution in [3.05, 3.63) is 306 Å². The maximum Gasteiger partial charge on any atom is 0.261 e. The van der Waals surface area contributed by atoms with Crippen LogP contribution in [0.4, 0.5) is 17.1 Å². The molecule has 3 aromatic carbocycles. The minimum absolute atomic E-state index is 0. The third kappa shape index (κ3) is 33.3. The number of aromatic nitrogens is 5. The number of aromatic amines is 5. The summed E-state index contributed by atoms with van der Waals surface area (Å²) >= 11 is 6.66. The van der Waals surface area contributed by atoms with Gasteiger partial charge in [0.25, 0.3) is 29.5 Å². The number of pyridine rings is 5. The molecule has 117 heavy (non-hydrogen) atoms. The van der Waals surface area contributed by atoms with Gasteiger partial charge in [-0.25, -0.2) is 0 Å². The highest BCUT2D eigenvalue weighted by molar-refractivity contribution is 7.18. The number of thiophene rings is 5. The molecule has 10 heterocycles. The first-order chi connectivity index (χ1) is 55.3. The Morgan fingerprint density at radius 3 is 0.615 bits per heavy atom. The average molecular weight is 1690 g/mol. The zero-order valence-corrected chi connectivity index (χ0v) is 72.4. The molecule has 2 aliphatic rings. The fourth-order valence-electron chi connectivity index (χ4n) is 9.19. The number of allylic oxidation sites excluding steroid dienone is 6. The maximum absolute atomic E-state index is 12.2. The lowest BCUT2D eigenvalue weighted by Crippen LogP contribution is -2.27. The Hall–Kier alpha value is -11.5. The summed E-state index contributed by atoms with van der Waals surface area (Å²) in [5.41, 5.74) is 6.94. The SMILES string of the molecule is C.C.C.C.CC.CC.CC.CC.CC.CC.CC.CC.CC.CC.O=C(NC1=CC=CC1)c1c[nH]c2ccsc2c1=O.O=C(NC1=CC=CC1)c1c[nH]c2ccsc2c1=O.O=C(Nc1ccccc1)c1c[nH]c2ccsc2c1=O.O=C(Nc1ccccc1)c1c[nH]c2ccsc2c1=O.O=C(Nc1ccccc1)c1c[nH]c2ccsc2c1=O. The highest BCUT2D eigenvalue weighted by Crippen LogP contribution is 2.21. The number of hydrogen-bond donors (Lipinski definition) is 10. The summed E-state index contributed by atoms with van der Waals surface area (Å²) in [6.07, 6.45) is 20.0. The number of H-pyrrole nitrogens is 5. The van der Waals surface area contributed by atoms with E-state index in [1.165, 1.54) is 87.7 Å². The molecule has 15 rings (SSSR count). The molecule has 634 valence electrons. The second kappa shape index (κ2) is 64.8. The molecule has 2 aliphatic carbocycles. The van der Waals surface area contributed by atoms with Gasteiger partial charge in [-0.3, -0.25) is 47.9 Å². The molecule has 0 unspecified atom stereocenters. The van der Waals surface area contributed by atoms with Crippen LogP contribution in [0.5, 0.6) is 0 Å². The van der Waals surface area contributed by atoms with E-state index in [1.807, 2.05) is 287 Å². The first-order valence-corrected chi connectivity index (χ1v) is 42.6. The zero-order chi connectivity index (χ0) is 84.8. The number of nitrogens with one attached hydrogen (secondary N) is 10. The van der Waals surface area contributed by atoms with E-state index in [4.69, 9.17) is 0 Å². The van der Waals surface area contributed by atoms with Crippen molar-refractivity contribution in [3.63, 3.8) is 0 Å². The van der Waals surface area contributed by atoms with Crippen LogP contribution >= 0.6 is 56.7 Å². The quantitative estimate of drug-likeness (QED) is 0.0617. The molecule has 13 aromatic rings. The number of carbonyl (C=O) groups is 5. The summed E-state index contributed by atoms with van der Waals surface area (Å²) < 4.78 is 2.88. The Kier molecular flexibility index (Phi) is 61.9. The zero-order valence-electron chi connectivity index (χ0n) is 68.3. The molecule has 0 aliphatic heterocycles. The van der Waals surface area contributed by atoms with E-state index >= 15 is 0 Å². The molecule has 25 heteroatoms. The molecule has 5 amide bonds. The summed E-state index contributed by atoms with van der Waals surface area (Å²) in [7, 11) is 0. The van der Waals surface area contributed by atoms with E-state index in [0.717, 1.165) is 39.0 Å². The van der Waals surface area contributed by atoms with Crippen LogP contribution in [0.1, 0.15) is 233 Å². The van der Waals surface area contributed by atoms with Crippen molar-refractivity contribution in [3.8, 4) is 0 Å². The first kappa shape index (κ1) is 112. The molecule has 10 N–H and O–H groups in total. The molecule has 0 bridgehead atoms. The lowest BCUT2D eigenvalue weighted by atomic mass is 10.2. The summed E-state index contributed by atoms with van der Waals surface area (Å²) in [6.45, 7) is 40.0. The largest absolute Gasteiger partial charge is 0.359 e. The predicted octanol–water partition coefficient (Wildman–Crippen LogP) is 25.7. The summed E-state index contributed by atoms with van der Waals surface area (Å²) in [6, 6.07) is 36.3.